The van der Waals surface area contributed by atoms with Crippen molar-refractivity contribution in [2.24, 2.45) is 0 Å². The number of halogens is 1. The van der Waals surface area contributed by atoms with Gasteiger partial charge in [0, 0.05) is 19.2 Å². The maximum absolute atomic E-state index is 8.83. The van der Waals surface area contributed by atoms with Gasteiger partial charge >= 0.3 is 0 Å². The number of aliphatic hydroxyl groups is 1. The van der Waals surface area contributed by atoms with Crippen LogP contribution in [0.2, 0.25) is 5.15 Å². The molecule has 84 valence electrons. The zero-order chi connectivity index (χ0) is 11.3. The fourth-order valence-corrected chi connectivity index (χ4v) is 1.60. The van der Waals surface area contributed by atoms with Gasteiger partial charge in [0.2, 0.25) is 0 Å². The fraction of sp³-hybridized carbons (Fsp3) is 0.545. The SMILES string of the molecule is CC(C)N(CCCO)c1cccc(Cl)n1. The van der Waals surface area contributed by atoms with Gasteiger partial charge in [0.05, 0.1) is 0 Å². The van der Waals surface area contributed by atoms with Crippen molar-refractivity contribution in [2.45, 2.75) is 26.3 Å². The minimum atomic E-state index is 0.198. The monoisotopic (exact) mass is 228 g/mol. The smallest absolute Gasteiger partial charge is 0.131 e. The van der Waals surface area contributed by atoms with Crippen molar-refractivity contribution in [3.8, 4) is 0 Å². The lowest BCUT2D eigenvalue weighted by molar-refractivity contribution is 0.288. The van der Waals surface area contributed by atoms with Crippen molar-refractivity contribution in [2.75, 3.05) is 18.1 Å². The molecule has 1 rings (SSSR count). The first-order valence-corrected chi connectivity index (χ1v) is 5.53. The van der Waals surface area contributed by atoms with Gasteiger partial charge in [0.25, 0.3) is 0 Å². The normalized spacial score (nSPS) is 10.7. The van der Waals surface area contributed by atoms with Crippen LogP contribution < -0.4 is 4.90 Å². The second-order valence-corrected chi connectivity index (χ2v) is 4.07. The van der Waals surface area contributed by atoms with E-state index in [0.29, 0.717) is 11.2 Å². The Balaban J connectivity index is 2.79. The average molecular weight is 229 g/mol. The van der Waals surface area contributed by atoms with E-state index in [1.807, 2.05) is 12.1 Å². The minimum absolute atomic E-state index is 0.198. The van der Waals surface area contributed by atoms with Gasteiger partial charge in [-0.15, -0.1) is 0 Å². The zero-order valence-electron chi connectivity index (χ0n) is 9.15. The van der Waals surface area contributed by atoms with Gasteiger partial charge in [0.15, 0.2) is 0 Å². The van der Waals surface area contributed by atoms with Crippen LogP contribution in [0.1, 0.15) is 20.3 Å². The van der Waals surface area contributed by atoms with Crippen molar-refractivity contribution < 1.29 is 5.11 Å². The number of aliphatic hydroxyl groups excluding tert-OH is 1. The van der Waals surface area contributed by atoms with Crippen molar-refractivity contribution >= 4 is 17.4 Å². The lowest BCUT2D eigenvalue weighted by atomic mass is 10.2. The molecule has 0 aliphatic heterocycles. The third kappa shape index (κ3) is 3.68. The van der Waals surface area contributed by atoms with Crippen LogP contribution >= 0.6 is 11.6 Å². The Morgan fingerprint density at radius 3 is 2.73 bits per heavy atom. The van der Waals surface area contributed by atoms with Crippen molar-refractivity contribution in [3.05, 3.63) is 23.4 Å². The highest BCUT2D eigenvalue weighted by Gasteiger charge is 2.11. The standard InChI is InChI=1S/C11H17ClN2O/c1-9(2)14(7-4-8-15)11-6-3-5-10(12)13-11/h3,5-6,9,15H,4,7-8H2,1-2H3. The Bertz CT molecular complexity index is 304. The van der Waals surface area contributed by atoms with Gasteiger partial charge in [0.1, 0.15) is 11.0 Å². The summed E-state index contributed by atoms with van der Waals surface area (Å²) >= 11 is 5.84. The molecule has 1 aromatic rings. The number of hydrogen-bond donors (Lipinski definition) is 1. The Hall–Kier alpha value is -0.800. The summed E-state index contributed by atoms with van der Waals surface area (Å²) in [5, 5.41) is 9.33. The molecular weight excluding hydrogens is 212 g/mol. The molecule has 0 unspecified atom stereocenters. The molecule has 1 heterocycles. The Morgan fingerprint density at radius 1 is 1.47 bits per heavy atom. The van der Waals surface area contributed by atoms with Gasteiger partial charge in [-0.05, 0) is 32.4 Å². The Morgan fingerprint density at radius 2 is 2.20 bits per heavy atom. The molecule has 1 aromatic heterocycles. The summed E-state index contributed by atoms with van der Waals surface area (Å²) in [7, 11) is 0. The van der Waals surface area contributed by atoms with Gasteiger partial charge in [-0.25, -0.2) is 4.98 Å². The molecule has 0 amide bonds. The molecule has 3 nitrogen and oxygen atoms in total. The summed E-state index contributed by atoms with van der Waals surface area (Å²) < 4.78 is 0. The lowest BCUT2D eigenvalue weighted by Crippen LogP contribution is -2.32. The minimum Gasteiger partial charge on any atom is -0.396 e. The van der Waals surface area contributed by atoms with Crippen molar-refractivity contribution in [1.29, 1.82) is 0 Å². The first-order valence-electron chi connectivity index (χ1n) is 5.15. The van der Waals surface area contributed by atoms with Crippen LogP contribution in [0.5, 0.6) is 0 Å². The van der Waals surface area contributed by atoms with E-state index in [-0.39, 0.29) is 6.61 Å². The molecule has 0 aliphatic rings. The van der Waals surface area contributed by atoms with Gasteiger partial charge in [-0.1, -0.05) is 17.7 Å². The van der Waals surface area contributed by atoms with E-state index in [2.05, 4.69) is 23.7 Å². The molecule has 0 spiro atoms. The number of rotatable bonds is 5. The van der Waals surface area contributed by atoms with E-state index in [1.165, 1.54) is 0 Å². The largest absolute Gasteiger partial charge is 0.396 e. The van der Waals surface area contributed by atoms with Gasteiger partial charge in [-0.3, -0.25) is 0 Å². The summed E-state index contributed by atoms with van der Waals surface area (Å²) in [5.41, 5.74) is 0. The number of anilines is 1. The van der Waals surface area contributed by atoms with E-state index < -0.39 is 0 Å². The molecule has 0 radical (unpaired) electrons. The molecule has 0 aliphatic carbocycles. The third-order valence-corrected chi connectivity index (χ3v) is 2.39. The second-order valence-electron chi connectivity index (χ2n) is 3.68. The maximum Gasteiger partial charge on any atom is 0.131 e. The molecular formula is C11H17ClN2O. The third-order valence-electron chi connectivity index (χ3n) is 2.18. The van der Waals surface area contributed by atoms with Crippen LogP contribution in [0.25, 0.3) is 0 Å². The van der Waals surface area contributed by atoms with Crippen molar-refractivity contribution in [3.63, 3.8) is 0 Å². The second kappa shape index (κ2) is 5.93. The lowest BCUT2D eigenvalue weighted by Gasteiger charge is -2.27. The van der Waals surface area contributed by atoms with Gasteiger partial charge < -0.3 is 10.0 Å². The van der Waals surface area contributed by atoms with Crippen LogP contribution in [-0.4, -0.2) is 29.3 Å². The number of pyridine rings is 1. The number of aromatic nitrogens is 1. The van der Waals surface area contributed by atoms with Crippen LogP contribution in [0.15, 0.2) is 18.2 Å². The summed E-state index contributed by atoms with van der Waals surface area (Å²) in [6.07, 6.45) is 0.742. The topological polar surface area (TPSA) is 36.4 Å². The Kier molecular flexibility index (Phi) is 4.85. The average Bonchev–Trinajstić information content (AvgIpc) is 2.18. The van der Waals surface area contributed by atoms with E-state index >= 15 is 0 Å². The van der Waals surface area contributed by atoms with E-state index in [4.69, 9.17) is 16.7 Å². The summed E-state index contributed by atoms with van der Waals surface area (Å²) in [4.78, 5) is 6.38. The molecule has 0 fully saturated rings. The Labute approximate surface area is 95.7 Å². The van der Waals surface area contributed by atoms with E-state index in [9.17, 15) is 0 Å². The highest BCUT2D eigenvalue weighted by Crippen LogP contribution is 2.17. The first-order chi connectivity index (χ1) is 7.15. The highest BCUT2D eigenvalue weighted by atomic mass is 35.5. The number of hydrogen-bond acceptors (Lipinski definition) is 3. The fourth-order valence-electron chi connectivity index (χ4n) is 1.44. The van der Waals surface area contributed by atoms with Crippen LogP contribution in [0, 0.1) is 0 Å². The predicted octanol–water partition coefficient (Wildman–Crippen LogP) is 2.33. The molecule has 0 bridgehead atoms. The quantitative estimate of drug-likeness (QED) is 0.786. The van der Waals surface area contributed by atoms with Gasteiger partial charge in [-0.2, -0.15) is 0 Å². The molecule has 1 N–H and O–H groups in total. The molecule has 0 saturated carbocycles. The van der Waals surface area contributed by atoms with Crippen LogP contribution in [-0.2, 0) is 0 Å². The van der Waals surface area contributed by atoms with E-state index in [0.717, 1.165) is 18.8 Å². The highest BCUT2D eigenvalue weighted by molar-refractivity contribution is 6.29. The van der Waals surface area contributed by atoms with E-state index in [1.54, 1.807) is 6.07 Å². The summed E-state index contributed by atoms with van der Waals surface area (Å²) in [6.45, 7) is 5.19. The van der Waals surface area contributed by atoms with Crippen molar-refractivity contribution in [1.82, 2.24) is 4.98 Å². The molecule has 4 heteroatoms. The maximum atomic E-state index is 8.83. The van der Waals surface area contributed by atoms with Crippen LogP contribution in [0.4, 0.5) is 5.82 Å². The molecule has 15 heavy (non-hydrogen) atoms. The predicted molar refractivity (Wildman–Crippen MR) is 63.4 cm³/mol. The summed E-state index contributed by atoms with van der Waals surface area (Å²) in [6, 6.07) is 5.93. The summed E-state index contributed by atoms with van der Waals surface area (Å²) in [5.74, 6) is 0.867. The molecule has 0 atom stereocenters. The zero-order valence-corrected chi connectivity index (χ0v) is 9.91. The molecule has 0 aromatic carbocycles. The molecule has 0 saturated heterocycles. The number of nitrogens with zero attached hydrogens (tertiary/aromatic N) is 2. The first kappa shape index (κ1) is 12.3. The van der Waals surface area contributed by atoms with Crippen LogP contribution in [0.3, 0.4) is 0 Å².